The van der Waals surface area contributed by atoms with Gasteiger partial charge in [0.25, 0.3) is 5.69 Å². The van der Waals surface area contributed by atoms with Crippen molar-refractivity contribution in [2.24, 2.45) is 5.92 Å². The van der Waals surface area contributed by atoms with E-state index in [1.54, 1.807) is 19.2 Å². The second kappa shape index (κ2) is 6.70. The van der Waals surface area contributed by atoms with Crippen molar-refractivity contribution in [1.82, 2.24) is 4.90 Å². The Morgan fingerprint density at radius 3 is 2.95 bits per heavy atom. The maximum atomic E-state index is 11.1. The molecule has 1 aromatic carbocycles. The minimum atomic E-state index is -0.320. The number of rotatable bonds is 6. The normalized spacial score (nSPS) is 19.2. The molecule has 1 atom stereocenters. The molecule has 20 heavy (non-hydrogen) atoms. The molecular weight excluding hydrogens is 254 g/mol. The molecule has 1 N–H and O–H groups in total. The van der Waals surface area contributed by atoms with E-state index in [0.717, 1.165) is 31.1 Å². The van der Waals surface area contributed by atoms with E-state index in [1.807, 2.05) is 6.07 Å². The molecule has 0 amide bonds. The van der Waals surface area contributed by atoms with Crippen molar-refractivity contribution in [3.8, 4) is 0 Å². The van der Waals surface area contributed by atoms with Crippen molar-refractivity contribution >= 4 is 11.4 Å². The summed E-state index contributed by atoms with van der Waals surface area (Å²) in [5.74, 6) is 0.798. The Morgan fingerprint density at radius 2 is 2.30 bits per heavy atom. The highest BCUT2D eigenvalue weighted by molar-refractivity contribution is 5.62. The van der Waals surface area contributed by atoms with Crippen molar-refractivity contribution in [2.75, 3.05) is 25.5 Å². The molecule has 110 valence electrons. The van der Waals surface area contributed by atoms with Crippen LogP contribution in [0, 0.1) is 16.0 Å². The topological polar surface area (TPSA) is 58.4 Å². The molecule has 1 aliphatic rings. The van der Waals surface area contributed by atoms with Crippen LogP contribution < -0.4 is 5.32 Å². The van der Waals surface area contributed by atoms with Crippen LogP contribution in [0.2, 0.25) is 0 Å². The Hall–Kier alpha value is -1.62. The predicted octanol–water partition coefficient (Wildman–Crippen LogP) is 3.26. The highest BCUT2D eigenvalue weighted by Crippen LogP contribution is 2.27. The highest BCUT2D eigenvalue weighted by atomic mass is 16.6. The molecule has 0 spiro atoms. The second-order valence-corrected chi connectivity index (χ2v) is 5.54. The zero-order valence-corrected chi connectivity index (χ0v) is 12.3. The molecule has 5 nitrogen and oxygen atoms in total. The maximum Gasteiger partial charge on any atom is 0.292 e. The Balaban J connectivity index is 2.03. The van der Waals surface area contributed by atoms with Gasteiger partial charge in [-0.25, -0.2) is 0 Å². The molecule has 1 heterocycles. The lowest BCUT2D eigenvalue weighted by Gasteiger charge is -2.16. The van der Waals surface area contributed by atoms with Crippen LogP contribution in [-0.2, 0) is 6.54 Å². The average Bonchev–Trinajstić information content (AvgIpc) is 2.86. The number of nitro groups is 1. The van der Waals surface area contributed by atoms with Crippen molar-refractivity contribution < 1.29 is 4.92 Å². The molecule has 0 saturated carbocycles. The lowest BCUT2D eigenvalue weighted by atomic mass is 10.0. The Bertz CT molecular complexity index is 476. The zero-order chi connectivity index (χ0) is 14.5. The van der Waals surface area contributed by atoms with Gasteiger partial charge in [0.15, 0.2) is 0 Å². The molecule has 0 radical (unpaired) electrons. The zero-order valence-electron chi connectivity index (χ0n) is 12.3. The molecule has 1 aromatic rings. The largest absolute Gasteiger partial charge is 0.383 e. The number of nitrogens with zero attached hydrogens (tertiary/aromatic N) is 2. The fraction of sp³-hybridized carbons (Fsp3) is 0.600. The third-order valence-electron chi connectivity index (χ3n) is 4.00. The number of nitrogens with one attached hydrogen (secondary N) is 1. The maximum absolute atomic E-state index is 11.1. The molecule has 0 aliphatic carbocycles. The number of likely N-dealkylation sites (tertiary alicyclic amines) is 1. The van der Waals surface area contributed by atoms with Crippen LogP contribution in [0.3, 0.4) is 0 Å². The average molecular weight is 277 g/mol. The van der Waals surface area contributed by atoms with E-state index >= 15 is 0 Å². The number of benzene rings is 1. The van der Waals surface area contributed by atoms with Gasteiger partial charge in [-0.05, 0) is 36.9 Å². The SMILES string of the molecule is CCCC1CCN(Cc2ccc(NC)c([N+](=O)[O-])c2)C1. The predicted molar refractivity (Wildman–Crippen MR) is 80.9 cm³/mol. The van der Waals surface area contributed by atoms with Crippen molar-refractivity contribution in [1.29, 1.82) is 0 Å². The molecule has 0 bridgehead atoms. The summed E-state index contributed by atoms with van der Waals surface area (Å²) in [7, 11) is 1.71. The number of hydrogen-bond donors (Lipinski definition) is 1. The lowest BCUT2D eigenvalue weighted by molar-refractivity contribution is -0.384. The summed E-state index contributed by atoms with van der Waals surface area (Å²) in [5, 5.41) is 13.9. The number of hydrogen-bond acceptors (Lipinski definition) is 4. The van der Waals surface area contributed by atoms with E-state index < -0.39 is 0 Å². The van der Waals surface area contributed by atoms with Gasteiger partial charge in [-0.3, -0.25) is 15.0 Å². The molecule has 2 rings (SSSR count). The van der Waals surface area contributed by atoms with Gasteiger partial charge in [0, 0.05) is 26.2 Å². The van der Waals surface area contributed by atoms with Crippen LogP contribution in [0.15, 0.2) is 18.2 Å². The van der Waals surface area contributed by atoms with Gasteiger partial charge in [0.2, 0.25) is 0 Å². The van der Waals surface area contributed by atoms with Crippen molar-refractivity contribution in [3.63, 3.8) is 0 Å². The third-order valence-corrected chi connectivity index (χ3v) is 4.00. The molecule has 1 fully saturated rings. The highest BCUT2D eigenvalue weighted by Gasteiger charge is 2.22. The second-order valence-electron chi connectivity index (χ2n) is 5.54. The molecular formula is C15H23N3O2. The Kier molecular flexibility index (Phi) is 4.95. The Labute approximate surface area is 120 Å². The van der Waals surface area contributed by atoms with Gasteiger partial charge in [-0.2, -0.15) is 0 Å². The smallest absolute Gasteiger partial charge is 0.292 e. The fourth-order valence-electron chi connectivity index (χ4n) is 3.00. The summed E-state index contributed by atoms with van der Waals surface area (Å²) in [6.45, 7) is 5.26. The van der Waals surface area contributed by atoms with E-state index in [-0.39, 0.29) is 10.6 Å². The van der Waals surface area contributed by atoms with Crippen LogP contribution in [0.25, 0.3) is 0 Å². The van der Waals surface area contributed by atoms with Crippen LogP contribution >= 0.6 is 0 Å². The van der Waals surface area contributed by atoms with Crippen LogP contribution in [0.4, 0.5) is 11.4 Å². The summed E-state index contributed by atoms with van der Waals surface area (Å²) in [4.78, 5) is 13.1. The first-order chi connectivity index (χ1) is 9.63. The van der Waals surface area contributed by atoms with Gasteiger partial charge in [-0.15, -0.1) is 0 Å². The molecule has 5 heteroatoms. The van der Waals surface area contributed by atoms with E-state index in [9.17, 15) is 10.1 Å². The first-order valence-electron chi connectivity index (χ1n) is 7.31. The Morgan fingerprint density at radius 1 is 1.50 bits per heavy atom. The number of anilines is 1. The van der Waals surface area contributed by atoms with E-state index in [0.29, 0.717) is 5.69 Å². The van der Waals surface area contributed by atoms with E-state index in [2.05, 4.69) is 17.1 Å². The van der Waals surface area contributed by atoms with Crippen molar-refractivity contribution in [2.45, 2.75) is 32.7 Å². The first-order valence-corrected chi connectivity index (χ1v) is 7.31. The van der Waals surface area contributed by atoms with Gasteiger partial charge >= 0.3 is 0 Å². The lowest BCUT2D eigenvalue weighted by Crippen LogP contribution is -2.20. The summed E-state index contributed by atoms with van der Waals surface area (Å²) in [6, 6.07) is 5.47. The summed E-state index contributed by atoms with van der Waals surface area (Å²) < 4.78 is 0. The summed E-state index contributed by atoms with van der Waals surface area (Å²) in [5.41, 5.74) is 1.76. The van der Waals surface area contributed by atoms with Crippen LogP contribution in [0.1, 0.15) is 31.7 Å². The molecule has 1 aliphatic heterocycles. The van der Waals surface area contributed by atoms with Gasteiger partial charge in [-0.1, -0.05) is 19.4 Å². The van der Waals surface area contributed by atoms with Gasteiger partial charge < -0.3 is 5.32 Å². The molecule has 1 unspecified atom stereocenters. The fourth-order valence-corrected chi connectivity index (χ4v) is 3.00. The van der Waals surface area contributed by atoms with Crippen LogP contribution in [-0.4, -0.2) is 30.0 Å². The first kappa shape index (κ1) is 14.8. The third kappa shape index (κ3) is 3.48. The molecule has 0 aromatic heterocycles. The standard InChI is InChI=1S/C15H23N3O2/c1-3-4-12-7-8-17(10-12)11-13-5-6-14(16-2)15(9-13)18(19)20/h5-6,9,12,16H,3-4,7-8,10-11H2,1-2H3. The number of nitro benzene ring substituents is 1. The van der Waals surface area contributed by atoms with E-state index in [1.165, 1.54) is 19.3 Å². The monoisotopic (exact) mass is 277 g/mol. The minimum absolute atomic E-state index is 0.161. The van der Waals surface area contributed by atoms with Gasteiger partial charge in [0.05, 0.1) is 4.92 Å². The minimum Gasteiger partial charge on any atom is -0.383 e. The van der Waals surface area contributed by atoms with Gasteiger partial charge in [0.1, 0.15) is 5.69 Å². The van der Waals surface area contributed by atoms with Crippen molar-refractivity contribution in [3.05, 3.63) is 33.9 Å². The van der Waals surface area contributed by atoms with E-state index in [4.69, 9.17) is 0 Å². The van der Waals surface area contributed by atoms with Crippen LogP contribution in [0.5, 0.6) is 0 Å². The molecule has 1 saturated heterocycles. The quantitative estimate of drug-likeness (QED) is 0.640. The summed E-state index contributed by atoms with van der Waals surface area (Å²) in [6.07, 6.45) is 3.78. The summed E-state index contributed by atoms with van der Waals surface area (Å²) >= 11 is 0.